The van der Waals surface area contributed by atoms with Gasteiger partial charge in [0, 0.05) is 17.5 Å². The lowest BCUT2D eigenvalue weighted by molar-refractivity contribution is -0.120. The van der Waals surface area contributed by atoms with Crippen LogP contribution in [0.4, 0.5) is 13.9 Å². The monoisotopic (exact) mass is 338 g/mol. The number of hydrogen-bond donors (Lipinski definition) is 1. The number of ether oxygens (including phenoxy) is 1. The van der Waals surface area contributed by atoms with Gasteiger partial charge in [-0.3, -0.25) is 10.1 Å². The number of thiazole rings is 1. The molecule has 1 aromatic heterocycles. The topological polar surface area (TPSA) is 51.2 Å². The van der Waals surface area contributed by atoms with Crippen molar-refractivity contribution in [2.45, 2.75) is 19.3 Å². The Balaban J connectivity index is 1.50. The second-order valence-electron chi connectivity index (χ2n) is 5.56. The minimum Gasteiger partial charge on any atom is -0.371 e. The molecule has 23 heavy (non-hydrogen) atoms. The van der Waals surface area contributed by atoms with Crippen molar-refractivity contribution in [3.63, 3.8) is 0 Å². The Morgan fingerprint density at radius 2 is 2.17 bits per heavy atom. The molecule has 1 aromatic carbocycles. The summed E-state index contributed by atoms with van der Waals surface area (Å²) < 4.78 is 31.4. The molecule has 0 saturated heterocycles. The van der Waals surface area contributed by atoms with Crippen molar-refractivity contribution >= 4 is 22.4 Å². The summed E-state index contributed by atoms with van der Waals surface area (Å²) in [5, 5.41) is 3.15. The molecule has 0 aliphatic heterocycles. The van der Waals surface area contributed by atoms with E-state index in [0.717, 1.165) is 10.9 Å². The van der Waals surface area contributed by atoms with Crippen LogP contribution in [0.5, 0.6) is 0 Å². The van der Waals surface area contributed by atoms with Crippen LogP contribution in [0, 0.1) is 17.6 Å². The minimum absolute atomic E-state index is 0.0224. The van der Waals surface area contributed by atoms with Gasteiger partial charge in [0.2, 0.25) is 0 Å². The highest BCUT2D eigenvalue weighted by atomic mass is 32.1. The number of halogens is 2. The number of carbonyl (C=O) groups is 1. The standard InChI is InChI=1S/C16H16F2N2O2S/c17-13-4-3-11(6-14(13)18)5-12-7-19-16(23-12)20-15(21)9-22-8-10-1-2-10/h3-4,6-7,10H,1-2,5,8-9H2,(H,19,20,21). The minimum atomic E-state index is -0.867. The van der Waals surface area contributed by atoms with Crippen LogP contribution >= 0.6 is 11.3 Å². The molecule has 1 amide bonds. The van der Waals surface area contributed by atoms with Gasteiger partial charge in [-0.2, -0.15) is 0 Å². The van der Waals surface area contributed by atoms with Crippen LogP contribution in [0.3, 0.4) is 0 Å². The third-order valence-corrected chi connectivity index (χ3v) is 4.36. The van der Waals surface area contributed by atoms with Crippen molar-refractivity contribution in [2.75, 3.05) is 18.5 Å². The van der Waals surface area contributed by atoms with E-state index in [1.54, 1.807) is 6.20 Å². The van der Waals surface area contributed by atoms with E-state index in [1.165, 1.54) is 36.3 Å². The van der Waals surface area contributed by atoms with Crippen molar-refractivity contribution in [1.29, 1.82) is 0 Å². The van der Waals surface area contributed by atoms with Gasteiger partial charge in [-0.1, -0.05) is 6.07 Å². The Bertz CT molecular complexity index is 701. The number of rotatable bonds is 7. The lowest BCUT2D eigenvalue weighted by Gasteiger charge is -2.02. The van der Waals surface area contributed by atoms with Crippen LogP contribution in [0.15, 0.2) is 24.4 Å². The summed E-state index contributed by atoms with van der Waals surface area (Å²) >= 11 is 1.30. The number of amides is 1. The molecule has 0 bridgehead atoms. The first-order chi connectivity index (χ1) is 11.1. The fourth-order valence-electron chi connectivity index (χ4n) is 2.06. The Morgan fingerprint density at radius 1 is 1.35 bits per heavy atom. The lowest BCUT2D eigenvalue weighted by atomic mass is 10.1. The van der Waals surface area contributed by atoms with E-state index in [4.69, 9.17) is 4.74 Å². The Kier molecular flexibility index (Phi) is 4.97. The van der Waals surface area contributed by atoms with Crippen molar-refractivity contribution in [1.82, 2.24) is 4.98 Å². The van der Waals surface area contributed by atoms with Gasteiger partial charge >= 0.3 is 0 Å². The largest absolute Gasteiger partial charge is 0.371 e. The molecule has 0 radical (unpaired) electrons. The number of aromatic nitrogens is 1. The molecule has 0 atom stereocenters. The molecule has 4 nitrogen and oxygen atoms in total. The van der Waals surface area contributed by atoms with Crippen LogP contribution < -0.4 is 5.32 Å². The highest BCUT2D eigenvalue weighted by molar-refractivity contribution is 7.15. The fraction of sp³-hybridized carbons (Fsp3) is 0.375. The number of carbonyl (C=O) groups excluding carboxylic acids is 1. The van der Waals surface area contributed by atoms with E-state index in [1.807, 2.05) is 0 Å². The van der Waals surface area contributed by atoms with Crippen LogP contribution in [0.25, 0.3) is 0 Å². The van der Waals surface area contributed by atoms with Gasteiger partial charge in [0.15, 0.2) is 16.8 Å². The van der Waals surface area contributed by atoms with E-state index in [-0.39, 0.29) is 12.5 Å². The maximum Gasteiger partial charge on any atom is 0.252 e. The molecule has 1 aliphatic carbocycles. The second-order valence-corrected chi connectivity index (χ2v) is 6.68. The maximum atomic E-state index is 13.2. The molecule has 2 aromatic rings. The van der Waals surface area contributed by atoms with Crippen LogP contribution in [-0.2, 0) is 16.0 Å². The molecule has 7 heteroatoms. The predicted octanol–water partition coefficient (Wildman–Crippen LogP) is 3.38. The molecule has 0 spiro atoms. The first-order valence-corrected chi connectivity index (χ1v) is 8.18. The second kappa shape index (κ2) is 7.14. The van der Waals surface area contributed by atoms with Crippen molar-refractivity contribution < 1.29 is 18.3 Å². The summed E-state index contributed by atoms with van der Waals surface area (Å²) in [5.41, 5.74) is 0.651. The van der Waals surface area contributed by atoms with E-state index < -0.39 is 11.6 Å². The third kappa shape index (κ3) is 4.80. The quantitative estimate of drug-likeness (QED) is 0.842. The SMILES string of the molecule is O=C(COCC1CC1)Nc1ncc(Cc2ccc(F)c(F)c2)s1. The van der Waals surface area contributed by atoms with Gasteiger partial charge < -0.3 is 4.74 Å². The predicted molar refractivity (Wildman–Crippen MR) is 83.5 cm³/mol. The average Bonchev–Trinajstić information content (AvgIpc) is 3.23. The number of hydrogen-bond acceptors (Lipinski definition) is 4. The number of anilines is 1. The summed E-state index contributed by atoms with van der Waals surface area (Å²) in [6, 6.07) is 3.80. The molecule has 1 aliphatic rings. The maximum absolute atomic E-state index is 13.2. The molecule has 3 rings (SSSR count). The molecule has 1 fully saturated rings. The number of benzene rings is 1. The van der Waals surface area contributed by atoms with Gasteiger partial charge in [-0.15, -0.1) is 11.3 Å². The summed E-state index contributed by atoms with van der Waals surface area (Å²) in [7, 11) is 0. The highest BCUT2D eigenvalue weighted by Gasteiger charge is 2.21. The van der Waals surface area contributed by atoms with E-state index >= 15 is 0 Å². The number of nitrogens with one attached hydrogen (secondary N) is 1. The number of nitrogens with zero attached hydrogens (tertiary/aromatic N) is 1. The van der Waals surface area contributed by atoms with Gasteiger partial charge in [0.05, 0.1) is 6.61 Å². The van der Waals surface area contributed by atoms with E-state index in [0.29, 0.717) is 29.6 Å². The zero-order chi connectivity index (χ0) is 16.2. The Morgan fingerprint density at radius 3 is 2.91 bits per heavy atom. The first-order valence-electron chi connectivity index (χ1n) is 7.36. The highest BCUT2D eigenvalue weighted by Crippen LogP contribution is 2.28. The normalized spacial score (nSPS) is 14.0. The van der Waals surface area contributed by atoms with Gasteiger partial charge in [-0.25, -0.2) is 13.8 Å². The van der Waals surface area contributed by atoms with Gasteiger partial charge in [0.25, 0.3) is 5.91 Å². The van der Waals surface area contributed by atoms with E-state index in [2.05, 4.69) is 10.3 Å². The molecule has 0 unspecified atom stereocenters. The molecule has 1 saturated carbocycles. The summed E-state index contributed by atoms with van der Waals surface area (Å²) in [5.74, 6) is -1.35. The molecule has 122 valence electrons. The van der Waals surface area contributed by atoms with Crippen LogP contribution in [0.2, 0.25) is 0 Å². The van der Waals surface area contributed by atoms with E-state index in [9.17, 15) is 13.6 Å². The molecular formula is C16H16F2N2O2S. The summed E-state index contributed by atoms with van der Waals surface area (Å²) in [6.07, 6.45) is 4.42. The Hall–Kier alpha value is -1.86. The molecule has 1 N–H and O–H groups in total. The van der Waals surface area contributed by atoms with Gasteiger partial charge in [0.1, 0.15) is 6.61 Å². The zero-order valence-corrected chi connectivity index (χ0v) is 13.2. The first kappa shape index (κ1) is 16.0. The van der Waals surface area contributed by atoms with Crippen LogP contribution in [0.1, 0.15) is 23.3 Å². The third-order valence-electron chi connectivity index (χ3n) is 3.45. The zero-order valence-electron chi connectivity index (χ0n) is 12.4. The fourth-order valence-corrected chi connectivity index (χ4v) is 2.92. The van der Waals surface area contributed by atoms with Crippen molar-refractivity contribution in [3.05, 3.63) is 46.5 Å². The van der Waals surface area contributed by atoms with Crippen molar-refractivity contribution in [2.24, 2.45) is 5.92 Å². The average molecular weight is 338 g/mol. The smallest absolute Gasteiger partial charge is 0.252 e. The lowest BCUT2D eigenvalue weighted by Crippen LogP contribution is -2.18. The summed E-state index contributed by atoms with van der Waals surface area (Å²) in [6.45, 7) is 0.654. The summed E-state index contributed by atoms with van der Waals surface area (Å²) in [4.78, 5) is 16.7. The van der Waals surface area contributed by atoms with Crippen LogP contribution in [-0.4, -0.2) is 24.1 Å². The van der Waals surface area contributed by atoms with Crippen molar-refractivity contribution in [3.8, 4) is 0 Å². The molecule has 1 heterocycles. The van der Waals surface area contributed by atoms with Gasteiger partial charge in [-0.05, 0) is 36.5 Å². The molecular weight excluding hydrogens is 322 g/mol. The Labute approximate surface area is 136 Å².